The molecule has 0 saturated carbocycles. The number of aryl methyl sites for hydroxylation is 1. The molecular formula is C14H10N4OS2. The Kier molecular flexibility index (Phi) is 2.83. The van der Waals surface area contributed by atoms with E-state index in [9.17, 15) is 4.79 Å². The van der Waals surface area contributed by atoms with Crippen LogP contribution >= 0.6 is 23.1 Å². The standard InChI is InChI=1S/C14H10N4OS2/c1-8-2-3-9-10(6-8)16-13(15-9)21-12-11(7-19)18-4-5-20-14(18)17-12/h2-7H,1H3,(H,15,16). The number of fused-ring (bicyclic) bond motifs is 2. The highest BCUT2D eigenvalue weighted by molar-refractivity contribution is 7.99. The van der Waals surface area contributed by atoms with Crippen LogP contribution in [0.1, 0.15) is 16.1 Å². The van der Waals surface area contributed by atoms with Gasteiger partial charge in [-0.3, -0.25) is 9.20 Å². The van der Waals surface area contributed by atoms with E-state index in [-0.39, 0.29) is 0 Å². The van der Waals surface area contributed by atoms with E-state index in [0.717, 1.165) is 27.4 Å². The molecule has 0 fully saturated rings. The van der Waals surface area contributed by atoms with Gasteiger partial charge >= 0.3 is 0 Å². The predicted octanol–water partition coefficient (Wildman–Crippen LogP) is 3.54. The van der Waals surface area contributed by atoms with Crippen molar-refractivity contribution < 1.29 is 4.79 Å². The van der Waals surface area contributed by atoms with Crippen LogP contribution in [0.25, 0.3) is 16.0 Å². The van der Waals surface area contributed by atoms with Crippen LogP contribution < -0.4 is 0 Å². The fourth-order valence-electron chi connectivity index (χ4n) is 2.21. The molecule has 0 aliphatic carbocycles. The van der Waals surface area contributed by atoms with Crippen LogP contribution in [0.3, 0.4) is 0 Å². The second-order valence-corrected chi connectivity index (χ2v) is 6.49. The Labute approximate surface area is 128 Å². The lowest BCUT2D eigenvalue weighted by Crippen LogP contribution is -1.88. The molecule has 3 aromatic heterocycles. The van der Waals surface area contributed by atoms with Crippen molar-refractivity contribution in [2.75, 3.05) is 0 Å². The van der Waals surface area contributed by atoms with Gasteiger partial charge in [-0.25, -0.2) is 9.97 Å². The van der Waals surface area contributed by atoms with Crippen molar-refractivity contribution in [3.05, 3.63) is 41.0 Å². The average molecular weight is 314 g/mol. The zero-order valence-electron chi connectivity index (χ0n) is 11.0. The third-order valence-electron chi connectivity index (χ3n) is 3.19. The number of hydrogen-bond donors (Lipinski definition) is 1. The summed E-state index contributed by atoms with van der Waals surface area (Å²) in [5.41, 5.74) is 3.65. The highest BCUT2D eigenvalue weighted by atomic mass is 32.2. The first-order valence-corrected chi connectivity index (χ1v) is 7.99. The summed E-state index contributed by atoms with van der Waals surface area (Å²) < 4.78 is 1.80. The summed E-state index contributed by atoms with van der Waals surface area (Å²) in [4.78, 5) is 24.4. The molecule has 0 aliphatic heterocycles. The number of aromatic amines is 1. The van der Waals surface area contributed by atoms with E-state index in [2.05, 4.69) is 21.0 Å². The molecular weight excluding hydrogens is 304 g/mol. The van der Waals surface area contributed by atoms with E-state index >= 15 is 0 Å². The minimum absolute atomic E-state index is 0.563. The summed E-state index contributed by atoms with van der Waals surface area (Å²) in [5, 5.41) is 3.32. The number of rotatable bonds is 3. The number of benzene rings is 1. The Balaban J connectivity index is 1.78. The summed E-state index contributed by atoms with van der Waals surface area (Å²) in [7, 11) is 0. The van der Waals surface area contributed by atoms with Gasteiger partial charge in [0, 0.05) is 11.6 Å². The van der Waals surface area contributed by atoms with Crippen LogP contribution in [0, 0.1) is 6.92 Å². The largest absolute Gasteiger partial charge is 0.333 e. The molecule has 0 unspecified atom stereocenters. The number of aromatic nitrogens is 4. The number of imidazole rings is 2. The number of thiazole rings is 1. The number of aldehydes is 1. The van der Waals surface area contributed by atoms with Crippen molar-refractivity contribution >= 4 is 45.4 Å². The van der Waals surface area contributed by atoms with E-state index in [1.807, 2.05) is 30.6 Å². The number of nitrogens with zero attached hydrogens (tertiary/aromatic N) is 3. The highest BCUT2D eigenvalue weighted by Gasteiger charge is 2.15. The highest BCUT2D eigenvalue weighted by Crippen LogP contribution is 2.30. The molecule has 0 saturated heterocycles. The van der Waals surface area contributed by atoms with Crippen LogP contribution in [-0.4, -0.2) is 25.6 Å². The van der Waals surface area contributed by atoms with E-state index in [4.69, 9.17) is 0 Å². The molecule has 3 heterocycles. The Morgan fingerprint density at radius 3 is 3.14 bits per heavy atom. The Morgan fingerprint density at radius 2 is 2.29 bits per heavy atom. The summed E-state index contributed by atoms with van der Waals surface area (Å²) >= 11 is 2.88. The zero-order valence-corrected chi connectivity index (χ0v) is 12.7. The fourth-order valence-corrected chi connectivity index (χ4v) is 3.86. The molecule has 1 N–H and O–H groups in total. The van der Waals surface area contributed by atoms with Crippen LogP contribution in [0.5, 0.6) is 0 Å². The van der Waals surface area contributed by atoms with Crippen molar-refractivity contribution in [1.82, 2.24) is 19.4 Å². The van der Waals surface area contributed by atoms with Crippen LogP contribution in [0.15, 0.2) is 40.0 Å². The molecule has 0 spiro atoms. The topological polar surface area (TPSA) is 63.1 Å². The molecule has 4 rings (SSSR count). The van der Waals surface area contributed by atoms with Gasteiger partial charge in [0.25, 0.3) is 0 Å². The van der Waals surface area contributed by atoms with Crippen molar-refractivity contribution in [3.63, 3.8) is 0 Å². The molecule has 0 amide bonds. The van der Waals surface area contributed by atoms with E-state index in [1.54, 1.807) is 4.40 Å². The molecule has 5 nitrogen and oxygen atoms in total. The summed E-state index contributed by atoms with van der Waals surface area (Å²) in [6.45, 7) is 2.04. The van der Waals surface area contributed by atoms with Gasteiger partial charge in [-0.2, -0.15) is 0 Å². The second-order valence-electron chi connectivity index (χ2n) is 4.64. The van der Waals surface area contributed by atoms with Crippen molar-refractivity contribution in [2.45, 2.75) is 17.1 Å². The minimum atomic E-state index is 0.563. The third-order valence-corrected chi connectivity index (χ3v) is 4.82. The van der Waals surface area contributed by atoms with Crippen LogP contribution in [-0.2, 0) is 0 Å². The van der Waals surface area contributed by atoms with Gasteiger partial charge in [0.1, 0.15) is 10.7 Å². The molecule has 4 aromatic rings. The molecule has 21 heavy (non-hydrogen) atoms. The van der Waals surface area contributed by atoms with Gasteiger partial charge in [-0.1, -0.05) is 6.07 Å². The summed E-state index contributed by atoms with van der Waals surface area (Å²) in [6.07, 6.45) is 2.69. The molecule has 0 aliphatic rings. The van der Waals surface area contributed by atoms with Crippen LogP contribution in [0.4, 0.5) is 0 Å². The lowest BCUT2D eigenvalue weighted by molar-refractivity contribution is 0.111. The normalized spacial score (nSPS) is 11.5. The van der Waals surface area contributed by atoms with Crippen molar-refractivity contribution in [3.8, 4) is 0 Å². The minimum Gasteiger partial charge on any atom is -0.333 e. The van der Waals surface area contributed by atoms with Gasteiger partial charge in [0.2, 0.25) is 0 Å². The first-order valence-electron chi connectivity index (χ1n) is 6.29. The molecule has 1 aromatic carbocycles. The predicted molar refractivity (Wildman–Crippen MR) is 83.4 cm³/mol. The van der Waals surface area contributed by atoms with E-state index < -0.39 is 0 Å². The number of carbonyl (C=O) groups excluding carboxylic acids is 1. The third kappa shape index (κ3) is 2.05. The Hall–Kier alpha value is -2.12. The monoisotopic (exact) mass is 314 g/mol. The quantitative estimate of drug-likeness (QED) is 0.587. The SMILES string of the molecule is Cc1ccc2nc(Sc3nc4sccn4c3C=O)[nH]c2c1. The lowest BCUT2D eigenvalue weighted by Gasteiger charge is -1.93. The Bertz CT molecular complexity index is 966. The van der Waals surface area contributed by atoms with Crippen molar-refractivity contribution in [1.29, 1.82) is 0 Å². The Morgan fingerprint density at radius 1 is 1.38 bits per heavy atom. The van der Waals surface area contributed by atoms with Gasteiger partial charge in [-0.15, -0.1) is 11.3 Å². The molecule has 7 heteroatoms. The first kappa shape index (κ1) is 12.6. The molecule has 104 valence electrons. The summed E-state index contributed by atoms with van der Waals surface area (Å²) in [6, 6.07) is 6.07. The molecule has 0 radical (unpaired) electrons. The van der Waals surface area contributed by atoms with E-state index in [1.165, 1.54) is 28.7 Å². The van der Waals surface area contributed by atoms with Gasteiger partial charge in [-0.05, 0) is 36.4 Å². The van der Waals surface area contributed by atoms with Gasteiger partial charge < -0.3 is 4.98 Å². The molecule has 0 bridgehead atoms. The maximum Gasteiger partial charge on any atom is 0.195 e. The fraction of sp³-hybridized carbons (Fsp3) is 0.0714. The second kappa shape index (κ2) is 4.71. The first-order chi connectivity index (χ1) is 10.2. The molecule has 0 atom stereocenters. The number of hydrogen-bond acceptors (Lipinski definition) is 5. The lowest BCUT2D eigenvalue weighted by atomic mass is 10.2. The number of carbonyl (C=O) groups is 1. The number of nitrogens with one attached hydrogen (secondary N) is 1. The maximum absolute atomic E-state index is 11.3. The number of H-pyrrole nitrogens is 1. The smallest absolute Gasteiger partial charge is 0.195 e. The van der Waals surface area contributed by atoms with Crippen LogP contribution in [0.2, 0.25) is 0 Å². The summed E-state index contributed by atoms with van der Waals surface area (Å²) in [5.74, 6) is 0. The average Bonchev–Trinajstić information content (AvgIpc) is 3.11. The maximum atomic E-state index is 11.3. The van der Waals surface area contributed by atoms with Gasteiger partial charge in [0.15, 0.2) is 16.4 Å². The van der Waals surface area contributed by atoms with Crippen molar-refractivity contribution in [2.24, 2.45) is 0 Å². The zero-order chi connectivity index (χ0) is 14.4. The van der Waals surface area contributed by atoms with E-state index in [0.29, 0.717) is 10.7 Å². The van der Waals surface area contributed by atoms with Gasteiger partial charge in [0.05, 0.1) is 11.0 Å².